The fraction of sp³-hybridized carbons (Fsp3) is 0.833. The minimum atomic E-state index is -0.780. The number of hydrogen-bond donors (Lipinski definition) is 0. The molecular weight excluding hydrogens is 264 g/mol. The fourth-order valence-electron chi connectivity index (χ4n) is 6.48. The summed E-state index contributed by atoms with van der Waals surface area (Å²) in [5, 5.41) is 0. The molecule has 1 aliphatic heterocycles. The van der Waals surface area contributed by atoms with E-state index in [4.69, 9.17) is 15.9 Å². The van der Waals surface area contributed by atoms with Crippen molar-refractivity contribution in [1.82, 2.24) is 0 Å². The average molecular weight is 286 g/mol. The van der Waals surface area contributed by atoms with E-state index < -0.39 is 5.60 Å². The maximum Gasteiger partial charge on any atom is 0.310 e. The van der Waals surface area contributed by atoms with Crippen LogP contribution in [0.3, 0.4) is 0 Å². The Bertz CT molecular complexity index is 559. The second kappa shape index (κ2) is 3.66. The number of carbonyl (C=O) groups is 1. The molecule has 4 bridgehead atoms. The predicted molar refractivity (Wildman–Crippen MR) is 75.9 cm³/mol. The van der Waals surface area contributed by atoms with Crippen LogP contribution in [0.2, 0.25) is 0 Å². The van der Waals surface area contributed by atoms with Crippen molar-refractivity contribution in [3.8, 4) is 12.3 Å². The molecule has 5 fully saturated rings. The van der Waals surface area contributed by atoms with E-state index in [9.17, 15) is 4.79 Å². The van der Waals surface area contributed by atoms with E-state index in [1.807, 2.05) is 0 Å². The van der Waals surface area contributed by atoms with Gasteiger partial charge in [-0.2, -0.15) is 0 Å². The third kappa shape index (κ3) is 1.47. The van der Waals surface area contributed by atoms with Crippen LogP contribution in [0.15, 0.2) is 0 Å². The highest BCUT2D eigenvalue weighted by Gasteiger charge is 2.74. The molecule has 0 aromatic carbocycles. The Kier molecular flexibility index (Phi) is 2.18. The minimum absolute atomic E-state index is 0.0556. The SMILES string of the molecule is C#CC(C)(C)OC(=O)C1CC2CC1C1C3CC(C4OC34)C21. The Morgan fingerprint density at radius 1 is 1.14 bits per heavy atom. The molecule has 5 rings (SSSR count). The summed E-state index contributed by atoms with van der Waals surface area (Å²) in [5.41, 5.74) is -0.780. The molecule has 1 saturated heterocycles. The first-order valence-electron chi connectivity index (χ1n) is 8.36. The Labute approximate surface area is 125 Å². The van der Waals surface area contributed by atoms with Gasteiger partial charge < -0.3 is 9.47 Å². The average Bonchev–Trinajstić information content (AvgIpc) is 2.83. The van der Waals surface area contributed by atoms with Gasteiger partial charge in [-0.1, -0.05) is 5.92 Å². The second-order valence-electron chi connectivity index (χ2n) is 8.36. The van der Waals surface area contributed by atoms with Crippen molar-refractivity contribution in [3.05, 3.63) is 0 Å². The zero-order valence-electron chi connectivity index (χ0n) is 12.6. The lowest BCUT2D eigenvalue weighted by atomic mass is 9.67. The van der Waals surface area contributed by atoms with Crippen molar-refractivity contribution in [2.24, 2.45) is 41.4 Å². The first-order chi connectivity index (χ1) is 10.00. The van der Waals surface area contributed by atoms with Crippen LogP contribution < -0.4 is 0 Å². The molecule has 9 unspecified atom stereocenters. The maximum absolute atomic E-state index is 12.5. The molecule has 112 valence electrons. The summed E-state index contributed by atoms with van der Waals surface area (Å²) in [6, 6.07) is 0. The highest BCUT2D eigenvalue weighted by molar-refractivity contribution is 5.74. The van der Waals surface area contributed by atoms with Crippen molar-refractivity contribution in [1.29, 1.82) is 0 Å². The third-order valence-corrected chi connectivity index (χ3v) is 7.08. The van der Waals surface area contributed by atoms with E-state index in [1.54, 1.807) is 13.8 Å². The number of carbonyl (C=O) groups excluding carboxylic acids is 1. The van der Waals surface area contributed by atoms with Crippen molar-refractivity contribution in [2.75, 3.05) is 0 Å². The van der Waals surface area contributed by atoms with Gasteiger partial charge in [-0.3, -0.25) is 4.79 Å². The van der Waals surface area contributed by atoms with Gasteiger partial charge in [-0.25, -0.2) is 0 Å². The van der Waals surface area contributed by atoms with Crippen molar-refractivity contribution in [2.45, 2.75) is 50.9 Å². The number of epoxide rings is 1. The van der Waals surface area contributed by atoms with Crippen molar-refractivity contribution < 1.29 is 14.3 Å². The Morgan fingerprint density at radius 3 is 2.57 bits per heavy atom. The number of rotatable bonds is 2. The number of terminal acetylenes is 1. The smallest absolute Gasteiger partial charge is 0.310 e. The van der Waals surface area contributed by atoms with Gasteiger partial charge >= 0.3 is 5.97 Å². The summed E-state index contributed by atoms with van der Waals surface area (Å²) in [6.07, 6.45) is 10.2. The molecule has 0 N–H and O–H groups in total. The third-order valence-electron chi connectivity index (χ3n) is 7.08. The first-order valence-corrected chi connectivity index (χ1v) is 8.36. The molecule has 5 aliphatic rings. The number of hydrogen-bond acceptors (Lipinski definition) is 3. The molecule has 3 nitrogen and oxygen atoms in total. The monoisotopic (exact) mass is 286 g/mol. The van der Waals surface area contributed by atoms with Gasteiger partial charge in [0.05, 0.1) is 18.1 Å². The molecular formula is C18H22O3. The topological polar surface area (TPSA) is 38.8 Å². The number of ether oxygens (including phenoxy) is 2. The second-order valence-corrected chi connectivity index (χ2v) is 8.36. The van der Waals surface area contributed by atoms with Gasteiger partial charge in [0.25, 0.3) is 0 Å². The lowest BCUT2D eigenvalue weighted by Gasteiger charge is -2.37. The largest absolute Gasteiger partial charge is 0.446 e. The van der Waals surface area contributed by atoms with Gasteiger partial charge in [0.1, 0.15) is 0 Å². The van der Waals surface area contributed by atoms with Crippen LogP contribution in [0, 0.1) is 53.8 Å². The fourth-order valence-corrected chi connectivity index (χ4v) is 6.48. The Morgan fingerprint density at radius 2 is 1.86 bits per heavy atom. The van der Waals surface area contributed by atoms with E-state index in [0.717, 1.165) is 36.0 Å². The van der Waals surface area contributed by atoms with E-state index in [2.05, 4.69) is 5.92 Å². The van der Waals surface area contributed by atoms with E-state index in [0.29, 0.717) is 18.1 Å². The molecule has 0 aromatic heterocycles. The molecule has 4 saturated carbocycles. The lowest BCUT2D eigenvalue weighted by Crippen LogP contribution is -2.40. The van der Waals surface area contributed by atoms with Crippen LogP contribution >= 0.6 is 0 Å². The summed E-state index contributed by atoms with van der Waals surface area (Å²) in [6.45, 7) is 3.59. The predicted octanol–water partition coefficient (Wildman–Crippen LogP) is 2.25. The highest BCUT2D eigenvalue weighted by atomic mass is 16.6. The standard InChI is InChI=1S/C18H22O3/c1-4-18(2,3)21-17(19)10-6-8-5-9(10)14-12-7-11(13(8)14)15-16(12)20-15/h1,8-16H,5-7H2,2-3H3. The minimum Gasteiger partial charge on any atom is -0.446 e. The molecule has 3 heteroatoms. The van der Waals surface area contributed by atoms with Gasteiger partial charge in [0.15, 0.2) is 5.60 Å². The zero-order chi connectivity index (χ0) is 14.5. The van der Waals surface area contributed by atoms with Crippen LogP contribution in [0.25, 0.3) is 0 Å². The van der Waals surface area contributed by atoms with E-state index in [-0.39, 0.29) is 11.9 Å². The number of esters is 1. The highest BCUT2D eigenvalue weighted by Crippen LogP contribution is 2.73. The maximum atomic E-state index is 12.5. The summed E-state index contributed by atoms with van der Waals surface area (Å²) in [4.78, 5) is 12.5. The quantitative estimate of drug-likeness (QED) is 0.338. The van der Waals surface area contributed by atoms with Gasteiger partial charge in [0.2, 0.25) is 0 Å². The summed E-state index contributed by atoms with van der Waals surface area (Å²) >= 11 is 0. The van der Waals surface area contributed by atoms with Crippen LogP contribution in [-0.4, -0.2) is 23.8 Å². The molecule has 4 aliphatic carbocycles. The summed E-state index contributed by atoms with van der Waals surface area (Å²) < 4.78 is 11.4. The molecule has 0 aromatic rings. The van der Waals surface area contributed by atoms with Crippen molar-refractivity contribution >= 4 is 5.97 Å². The van der Waals surface area contributed by atoms with Crippen LogP contribution in [0.1, 0.15) is 33.1 Å². The Balaban J connectivity index is 1.37. The van der Waals surface area contributed by atoms with Crippen LogP contribution in [-0.2, 0) is 14.3 Å². The lowest BCUT2D eigenvalue weighted by molar-refractivity contribution is -0.160. The first kappa shape index (κ1) is 12.5. The molecule has 0 spiro atoms. The molecule has 21 heavy (non-hydrogen) atoms. The summed E-state index contributed by atoms with van der Waals surface area (Å²) in [5.74, 6) is 6.95. The Hall–Kier alpha value is -1.01. The number of fused-ring (bicyclic) bond motifs is 12. The van der Waals surface area contributed by atoms with Gasteiger partial charge in [0, 0.05) is 0 Å². The summed E-state index contributed by atoms with van der Waals surface area (Å²) in [7, 11) is 0. The normalized spacial score (nSPS) is 55.0. The molecule has 9 atom stereocenters. The van der Waals surface area contributed by atoms with E-state index >= 15 is 0 Å². The van der Waals surface area contributed by atoms with E-state index in [1.165, 1.54) is 12.8 Å². The van der Waals surface area contributed by atoms with Crippen LogP contribution in [0.4, 0.5) is 0 Å². The molecule has 1 heterocycles. The van der Waals surface area contributed by atoms with Gasteiger partial charge in [-0.15, -0.1) is 6.42 Å². The van der Waals surface area contributed by atoms with Gasteiger partial charge in [-0.05, 0) is 68.6 Å². The molecule has 0 amide bonds. The van der Waals surface area contributed by atoms with Crippen molar-refractivity contribution in [3.63, 3.8) is 0 Å². The molecule has 0 radical (unpaired) electrons. The zero-order valence-corrected chi connectivity index (χ0v) is 12.6. The van der Waals surface area contributed by atoms with Crippen LogP contribution in [0.5, 0.6) is 0 Å².